The summed E-state index contributed by atoms with van der Waals surface area (Å²) in [4.78, 5) is 16.5. The Labute approximate surface area is 175 Å². The van der Waals surface area contributed by atoms with E-state index in [2.05, 4.69) is 54.7 Å². The Morgan fingerprint density at radius 3 is 2.77 bits per heavy atom. The number of hydrogen-bond donors (Lipinski definition) is 1. The van der Waals surface area contributed by atoms with Gasteiger partial charge >= 0.3 is 0 Å². The van der Waals surface area contributed by atoms with Crippen LogP contribution in [0.15, 0.2) is 49.2 Å². The van der Waals surface area contributed by atoms with Gasteiger partial charge < -0.3 is 4.90 Å². The molecule has 0 unspecified atom stereocenters. The monoisotopic (exact) mass is 399 g/mol. The van der Waals surface area contributed by atoms with Crippen molar-refractivity contribution in [3.8, 4) is 11.4 Å². The van der Waals surface area contributed by atoms with Crippen LogP contribution in [-0.2, 0) is 0 Å². The summed E-state index contributed by atoms with van der Waals surface area (Å²) in [5, 5.41) is 7.08. The fourth-order valence-corrected chi connectivity index (χ4v) is 4.73. The summed E-state index contributed by atoms with van der Waals surface area (Å²) in [5.74, 6) is 2.51. The van der Waals surface area contributed by atoms with Gasteiger partial charge in [-0.25, -0.2) is 15.0 Å². The number of H-pyrrole nitrogens is 1. The largest absolute Gasteiger partial charge is 0.340 e. The Morgan fingerprint density at radius 2 is 1.93 bits per heavy atom. The standard InChI is InChI=1S/C23H25N7/c1-15-8-18(19-9-26-27-10-19)13-29(12-15)23-24-7-6-20(28-23)21-11-25-22-5-4-17(14-30(21)22)16-2-3-16/h4-7,9-11,14-16,18H,2-3,8,12-13H2,1H3,(H,26,27)/t15-,18+/m1/s1. The summed E-state index contributed by atoms with van der Waals surface area (Å²) in [5.41, 5.74) is 5.55. The fraction of sp³-hybridized carbons (Fsp3) is 0.391. The van der Waals surface area contributed by atoms with E-state index in [-0.39, 0.29) is 0 Å². The molecule has 5 heterocycles. The first kappa shape index (κ1) is 17.6. The van der Waals surface area contributed by atoms with Gasteiger partial charge in [-0.2, -0.15) is 5.10 Å². The maximum atomic E-state index is 4.96. The summed E-state index contributed by atoms with van der Waals surface area (Å²) in [7, 11) is 0. The molecule has 152 valence electrons. The van der Waals surface area contributed by atoms with Crippen molar-refractivity contribution in [1.82, 2.24) is 29.5 Å². The molecule has 2 fully saturated rings. The first-order valence-corrected chi connectivity index (χ1v) is 10.8. The lowest BCUT2D eigenvalue weighted by Gasteiger charge is -2.36. The van der Waals surface area contributed by atoms with Gasteiger partial charge in [0.15, 0.2) is 0 Å². The molecule has 6 rings (SSSR count). The number of nitrogens with zero attached hydrogens (tertiary/aromatic N) is 6. The lowest BCUT2D eigenvalue weighted by Crippen LogP contribution is -2.39. The Kier molecular flexibility index (Phi) is 4.07. The van der Waals surface area contributed by atoms with Crippen LogP contribution in [0, 0.1) is 5.92 Å². The number of aromatic amines is 1. The summed E-state index contributed by atoms with van der Waals surface area (Å²) in [6, 6.07) is 6.30. The van der Waals surface area contributed by atoms with Crippen molar-refractivity contribution >= 4 is 11.6 Å². The van der Waals surface area contributed by atoms with Crippen LogP contribution >= 0.6 is 0 Å². The second-order valence-electron chi connectivity index (χ2n) is 8.82. The molecule has 0 bridgehead atoms. The predicted octanol–water partition coefficient (Wildman–Crippen LogP) is 4.02. The van der Waals surface area contributed by atoms with Gasteiger partial charge in [0.05, 0.1) is 23.8 Å². The molecule has 2 aliphatic rings. The van der Waals surface area contributed by atoms with Crippen LogP contribution in [0.1, 0.15) is 49.1 Å². The lowest BCUT2D eigenvalue weighted by atomic mass is 9.87. The van der Waals surface area contributed by atoms with Crippen LogP contribution in [0.2, 0.25) is 0 Å². The molecular formula is C23H25N7. The second kappa shape index (κ2) is 6.93. The second-order valence-corrected chi connectivity index (χ2v) is 8.82. The van der Waals surface area contributed by atoms with Gasteiger partial charge in [0.1, 0.15) is 5.65 Å². The zero-order chi connectivity index (χ0) is 20.1. The average Bonchev–Trinajstić information content (AvgIpc) is 3.31. The molecule has 0 amide bonds. The van der Waals surface area contributed by atoms with Crippen molar-refractivity contribution in [2.24, 2.45) is 5.92 Å². The van der Waals surface area contributed by atoms with E-state index in [9.17, 15) is 0 Å². The number of aromatic nitrogens is 6. The van der Waals surface area contributed by atoms with Gasteiger partial charge in [0.25, 0.3) is 0 Å². The van der Waals surface area contributed by atoms with Crippen LogP contribution in [-0.4, -0.2) is 42.6 Å². The van der Waals surface area contributed by atoms with Crippen molar-refractivity contribution in [3.63, 3.8) is 0 Å². The fourth-order valence-electron chi connectivity index (χ4n) is 4.73. The van der Waals surface area contributed by atoms with Gasteiger partial charge in [0.2, 0.25) is 5.95 Å². The number of piperidine rings is 1. The third kappa shape index (κ3) is 3.14. The van der Waals surface area contributed by atoms with Crippen LogP contribution in [0.5, 0.6) is 0 Å². The maximum absolute atomic E-state index is 4.96. The first-order chi connectivity index (χ1) is 14.7. The molecule has 2 atom stereocenters. The van der Waals surface area contributed by atoms with E-state index in [0.29, 0.717) is 17.8 Å². The Morgan fingerprint density at radius 1 is 1.00 bits per heavy atom. The van der Waals surface area contributed by atoms with Gasteiger partial charge in [-0.05, 0) is 54.4 Å². The highest BCUT2D eigenvalue weighted by atomic mass is 15.3. The van der Waals surface area contributed by atoms with E-state index in [1.807, 2.05) is 30.9 Å². The van der Waals surface area contributed by atoms with Crippen molar-refractivity contribution < 1.29 is 0 Å². The Balaban J connectivity index is 1.34. The molecule has 1 N–H and O–H groups in total. The zero-order valence-corrected chi connectivity index (χ0v) is 17.1. The molecule has 0 aromatic carbocycles. The van der Waals surface area contributed by atoms with Crippen LogP contribution in [0.25, 0.3) is 17.0 Å². The minimum atomic E-state index is 0.441. The number of fused-ring (bicyclic) bond motifs is 1. The first-order valence-electron chi connectivity index (χ1n) is 10.8. The zero-order valence-electron chi connectivity index (χ0n) is 17.1. The number of anilines is 1. The molecule has 0 radical (unpaired) electrons. The highest BCUT2D eigenvalue weighted by molar-refractivity contribution is 5.61. The number of hydrogen-bond acceptors (Lipinski definition) is 5. The summed E-state index contributed by atoms with van der Waals surface area (Å²) >= 11 is 0. The van der Waals surface area contributed by atoms with Crippen molar-refractivity contribution in [2.75, 3.05) is 18.0 Å². The molecule has 1 aliphatic heterocycles. The molecule has 4 aromatic rings. The minimum Gasteiger partial charge on any atom is -0.340 e. The Hall–Kier alpha value is -3.22. The minimum absolute atomic E-state index is 0.441. The topological polar surface area (TPSA) is 75.0 Å². The molecule has 1 saturated heterocycles. The molecule has 30 heavy (non-hydrogen) atoms. The normalized spacial score (nSPS) is 22.0. The van der Waals surface area contributed by atoms with Crippen molar-refractivity contribution in [2.45, 2.75) is 38.0 Å². The maximum Gasteiger partial charge on any atom is 0.225 e. The van der Waals surface area contributed by atoms with Crippen LogP contribution in [0.4, 0.5) is 5.95 Å². The molecule has 7 heteroatoms. The van der Waals surface area contributed by atoms with Crippen LogP contribution in [0.3, 0.4) is 0 Å². The predicted molar refractivity (Wildman–Crippen MR) is 116 cm³/mol. The third-order valence-corrected chi connectivity index (χ3v) is 6.42. The highest BCUT2D eigenvalue weighted by Crippen LogP contribution is 2.40. The van der Waals surface area contributed by atoms with E-state index in [0.717, 1.165) is 42.5 Å². The van der Waals surface area contributed by atoms with E-state index in [1.54, 1.807) is 0 Å². The number of rotatable bonds is 4. The molecule has 7 nitrogen and oxygen atoms in total. The summed E-state index contributed by atoms with van der Waals surface area (Å²) < 4.78 is 2.17. The smallest absolute Gasteiger partial charge is 0.225 e. The molecule has 1 aliphatic carbocycles. The van der Waals surface area contributed by atoms with Crippen molar-refractivity contribution in [3.05, 3.63) is 60.3 Å². The number of imidazole rings is 1. The molecular weight excluding hydrogens is 374 g/mol. The Bertz CT molecular complexity index is 1180. The van der Waals surface area contributed by atoms with Gasteiger partial charge in [-0.3, -0.25) is 9.50 Å². The van der Waals surface area contributed by atoms with Gasteiger partial charge in [-0.1, -0.05) is 13.0 Å². The molecule has 4 aromatic heterocycles. The summed E-state index contributed by atoms with van der Waals surface area (Å²) in [6.45, 7) is 4.18. The quantitative estimate of drug-likeness (QED) is 0.561. The van der Waals surface area contributed by atoms with E-state index in [1.165, 1.54) is 24.0 Å². The number of nitrogens with one attached hydrogen (secondary N) is 1. The molecule has 1 saturated carbocycles. The average molecular weight is 400 g/mol. The molecule has 0 spiro atoms. The van der Waals surface area contributed by atoms with Crippen LogP contribution < -0.4 is 4.90 Å². The SMILES string of the molecule is C[C@@H]1C[C@H](c2cn[nH]c2)CN(c2nccc(-c3cnc4ccc(C5CC5)cn34)n2)C1. The van der Waals surface area contributed by atoms with E-state index in [4.69, 9.17) is 4.98 Å². The van der Waals surface area contributed by atoms with Gasteiger partial charge in [0, 0.05) is 37.6 Å². The van der Waals surface area contributed by atoms with Gasteiger partial charge in [-0.15, -0.1) is 0 Å². The van der Waals surface area contributed by atoms with Crippen molar-refractivity contribution in [1.29, 1.82) is 0 Å². The number of pyridine rings is 1. The van der Waals surface area contributed by atoms with E-state index >= 15 is 0 Å². The lowest BCUT2D eigenvalue weighted by molar-refractivity contribution is 0.398. The third-order valence-electron chi connectivity index (χ3n) is 6.42. The summed E-state index contributed by atoms with van der Waals surface area (Å²) in [6.07, 6.45) is 13.7. The highest BCUT2D eigenvalue weighted by Gasteiger charge is 2.28. The van der Waals surface area contributed by atoms with E-state index < -0.39 is 0 Å².